The van der Waals surface area contributed by atoms with E-state index >= 15 is 0 Å². The molecule has 8 heteroatoms. The Kier molecular flexibility index (Phi) is 6.71. The normalized spacial score (nSPS) is 15.2. The minimum atomic E-state index is -0.648. The van der Waals surface area contributed by atoms with E-state index < -0.39 is 11.8 Å². The molecule has 0 N–H and O–H groups in total. The maximum absolute atomic E-state index is 14.4. The van der Waals surface area contributed by atoms with Gasteiger partial charge in [-0.05, 0) is 49.3 Å². The number of imide groups is 1. The van der Waals surface area contributed by atoms with E-state index in [1.165, 1.54) is 13.2 Å². The van der Waals surface area contributed by atoms with Crippen molar-refractivity contribution in [1.82, 2.24) is 14.7 Å². The maximum Gasteiger partial charge on any atom is 0.271 e. The van der Waals surface area contributed by atoms with Crippen molar-refractivity contribution in [3.8, 4) is 23.0 Å². The minimum Gasteiger partial charge on any atom is -0.383 e. The van der Waals surface area contributed by atoms with Crippen molar-refractivity contribution in [2.75, 3.05) is 20.3 Å². The van der Waals surface area contributed by atoms with Crippen LogP contribution in [0.25, 0.3) is 23.0 Å². The van der Waals surface area contributed by atoms with Crippen LogP contribution in [0.5, 0.6) is 0 Å². The summed E-state index contributed by atoms with van der Waals surface area (Å²) in [6.45, 7) is 3.40. The molecular weight excluding hydrogens is 447 g/mol. The lowest BCUT2D eigenvalue weighted by Gasteiger charge is -2.27. The fourth-order valence-electron chi connectivity index (χ4n) is 3.84. The van der Waals surface area contributed by atoms with Gasteiger partial charge in [-0.2, -0.15) is 10.4 Å². The van der Waals surface area contributed by atoms with Gasteiger partial charge in [0.15, 0.2) is 0 Å². The predicted molar refractivity (Wildman–Crippen MR) is 129 cm³/mol. The van der Waals surface area contributed by atoms with Gasteiger partial charge in [-0.3, -0.25) is 14.5 Å². The third kappa shape index (κ3) is 4.54. The molecular formula is C27H23FN4O3. The molecule has 2 aromatic carbocycles. The number of carbonyl (C=O) groups is 2. The van der Waals surface area contributed by atoms with Crippen molar-refractivity contribution in [2.24, 2.45) is 0 Å². The van der Waals surface area contributed by atoms with Crippen molar-refractivity contribution in [2.45, 2.75) is 13.8 Å². The van der Waals surface area contributed by atoms with E-state index in [4.69, 9.17) is 4.74 Å². The van der Waals surface area contributed by atoms with Gasteiger partial charge in [-0.25, -0.2) is 9.07 Å². The van der Waals surface area contributed by atoms with Crippen LogP contribution >= 0.6 is 0 Å². The number of benzene rings is 2. The number of nitriles is 1. The molecule has 0 spiro atoms. The number of para-hydroxylation sites is 1. The van der Waals surface area contributed by atoms with Gasteiger partial charge in [0.2, 0.25) is 0 Å². The van der Waals surface area contributed by atoms with Gasteiger partial charge in [0.1, 0.15) is 23.2 Å². The Morgan fingerprint density at radius 2 is 1.86 bits per heavy atom. The van der Waals surface area contributed by atoms with Crippen molar-refractivity contribution in [3.63, 3.8) is 0 Å². The molecule has 3 aromatic rings. The summed E-state index contributed by atoms with van der Waals surface area (Å²) in [4.78, 5) is 27.0. The summed E-state index contributed by atoms with van der Waals surface area (Å²) in [5.41, 5.74) is 3.19. The number of nitrogens with zero attached hydrogens (tertiary/aromatic N) is 4. The van der Waals surface area contributed by atoms with Crippen LogP contribution < -0.4 is 0 Å². The van der Waals surface area contributed by atoms with E-state index in [-0.39, 0.29) is 35.7 Å². The SMILES string of the molecule is COCCN1C(=O)C(C#N)=C(C)/C(=C\c2cn(-c3ccccc3)nc2-c2ccc(C)c(F)c2)C1=O. The van der Waals surface area contributed by atoms with Crippen molar-refractivity contribution in [1.29, 1.82) is 5.26 Å². The monoisotopic (exact) mass is 470 g/mol. The van der Waals surface area contributed by atoms with E-state index in [2.05, 4.69) is 5.10 Å². The molecule has 0 aliphatic carbocycles. The van der Waals surface area contributed by atoms with Crippen LogP contribution in [0.3, 0.4) is 0 Å². The second-order valence-electron chi connectivity index (χ2n) is 8.10. The number of amides is 2. The van der Waals surface area contributed by atoms with E-state index in [1.807, 2.05) is 36.4 Å². The van der Waals surface area contributed by atoms with Crippen LogP contribution in [0, 0.1) is 24.1 Å². The number of methoxy groups -OCH3 is 1. The molecule has 0 atom stereocenters. The van der Waals surface area contributed by atoms with Gasteiger partial charge in [0.05, 0.1) is 18.8 Å². The zero-order chi connectivity index (χ0) is 25.1. The molecule has 2 amide bonds. The quantitative estimate of drug-likeness (QED) is 0.398. The third-order valence-corrected chi connectivity index (χ3v) is 5.85. The van der Waals surface area contributed by atoms with Crippen LogP contribution in [-0.2, 0) is 14.3 Å². The third-order valence-electron chi connectivity index (χ3n) is 5.85. The Hall–Kier alpha value is -4.35. The highest BCUT2D eigenvalue weighted by molar-refractivity contribution is 6.19. The molecule has 35 heavy (non-hydrogen) atoms. The van der Waals surface area contributed by atoms with Crippen LogP contribution in [0.2, 0.25) is 0 Å². The van der Waals surface area contributed by atoms with Crippen LogP contribution in [0.4, 0.5) is 4.39 Å². The summed E-state index contributed by atoms with van der Waals surface area (Å²) in [6.07, 6.45) is 3.33. The summed E-state index contributed by atoms with van der Waals surface area (Å²) in [5.74, 6) is -1.55. The summed E-state index contributed by atoms with van der Waals surface area (Å²) in [5, 5.41) is 14.3. The molecule has 0 saturated heterocycles. The first-order chi connectivity index (χ1) is 16.8. The molecule has 1 aromatic heterocycles. The fourth-order valence-corrected chi connectivity index (χ4v) is 3.84. The standard InChI is InChI=1S/C27H23FN4O3/c1-17-9-10-19(14-24(17)28)25-20(16-32(30-25)21-7-5-4-6-8-21)13-22-18(2)23(15-29)27(34)31(26(22)33)11-12-35-3/h4-10,13-14,16H,11-12H2,1-3H3/b22-13+. The largest absolute Gasteiger partial charge is 0.383 e. The molecule has 0 unspecified atom stereocenters. The van der Waals surface area contributed by atoms with E-state index in [1.54, 1.807) is 42.9 Å². The first-order valence-electron chi connectivity index (χ1n) is 11.0. The number of hydrogen-bond acceptors (Lipinski definition) is 5. The van der Waals surface area contributed by atoms with Gasteiger partial charge >= 0.3 is 0 Å². The smallest absolute Gasteiger partial charge is 0.271 e. The predicted octanol–water partition coefficient (Wildman–Crippen LogP) is 4.23. The Labute approximate surface area is 202 Å². The topological polar surface area (TPSA) is 88.2 Å². The Bertz CT molecular complexity index is 1410. The van der Waals surface area contributed by atoms with Crippen LogP contribution in [0.15, 0.2) is 71.4 Å². The number of aromatic nitrogens is 2. The van der Waals surface area contributed by atoms with E-state index in [9.17, 15) is 19.2 Å². The van der Waals surface area contributed by atoms with Crippen molar-refractivity contribution >= 4 is 17.9 Å². The number of carbonyl (C=O) groups excluding carboxylic acids is 2. The zero-order valence-corrected chi connectivity index (χ0v) is 19.6. The van der Waals surface area contributed by atoms with Gasteiger partial charge in [0, 0.05) is 30.0 Å². The van der Waals surface area contributed by atoms with Crippen LogP contribution in [-0.4, -0.2) is 46.8 Å². The molecule has 0 radical (unpaired) electrons. The van der Waals surface area contributed by atoms with Gasteiger partial charge in [0.25, 0.3) is 11.8 Å². The van der Waals surface area contributed by atoms with E-state index in [0.717, 1.165) is 10.6 Å². The van der Waals surface area contributed by atoms with Gasteiger partial charge in [-0.15, -0.1) is 0 Å². The first-order valence-corrected chi connectivity index (χ1v) is 11.0. The second kappa shape index (κ2) is 9.87. The number of hydrogen-bond donors (Lipinski definition) is 0. The number of rotatable bonds is 6. The molecule has 176 valence electrons. The van der Waals surface area contributed by atoms with E-state index in [0.29, 0.717) is 22.4 Å². The maximum atomic E-state index is 14.4. The molecule has 7 nitrogen and oxygen atoms in total. The number of halogens is 1. The highest BCUT2D eigenvalue weighted by Crippen LogP contribution is 2.31. The van der Waals surface area contributed by atoms with Gasteiger partial charge < -0.3 is 4.74 Å². The lowest BCUT2D eigenvalue weighted by Crippen LogP contribution is -2.44. The van der Waals surface area contributed by atoms with Crippen molar-refractivity contribution < 1.29 is 18.7 Å². The number of ether oxygens (including phenoxy) is 1. The number of aryl methyl sites for hydroxylation is 1. The molecule has 1 aliphatic rings. The summed E-state index contributed by atoms with van der Waals surface area (Å²) < 4.78 is 21.1. The molecule has 1 aliphatic heterocycles. The minimum absolute atomic E-state index is 0.0171. The Balaban J connectivity index is 1.91. The van der Waals surface area contributed by atoms with Gasteiger partial charge in [-0.1, -0.05) is 30.3 Å². The molecule has 2 heterocycles. The van der Waals surface area contributed by atoms with Crippen molar-refractivity contribution in [3.05, 3.63) is 88.4 Å². The Morgan fingerprint density at radius 1 is 1.11 bits per heavy atom. The molecule has 0 bridgehead atoms. The summed E-state index contributed by atoms with van der Waals surface area (Å²) in [6, 6.07) is 16.1. The summed E-state index contributed by atoms with van der Waals surface area (Å²) >= 11 is 0. The lowest BCUT2D eigenvalue weighted by molar-refractivity contribution is -0.141. The average molecular weight is 471 g/mol. The summed E-state index contributed by atoms with van der Waals surface area (Å²) in [7, 11) is 1.47. The highest BCUT2D eigenvalue weighted by atomic mass is 19.1. The average Bonchev–Trinajstić information content (AvgIpc) is 3.28. The zero-order valence-electron chi connectivity index (χ0n) is 19.6. The Morgan fingerprint density at radius 3 is 2.51 bits per heavy atom. The molecule has 0 saturated carbocycles. The van der Waals surface area contributed by atoms with Crippen LogP contribution in [0.1, 0.15) is 18.1 Å². The molecule has 0 fully saturated rings. The highest BCUT2D eigenvalue weighted by Gasteiger charge is 2.35. The second-order valence-corrected chi connectivity index (χ2v) is 8.10. The fraction of sp³-hybridized carbons (Fsp3) is 0.185. The molecule has 4 rings (SSSR count). The first kappa shape index (κ1) is 23.8. The lowest BCUT2D eigenvalue weighted by atomic mass is 9.93.